The predicted octanol–water partition coefficient (Wildman–Crippen LogP) is 0.835. The largest absolute Gasteiger partial charge is 0.760 e. The number of aromatic nitrogens is 2. The fourth-order valence-electron chi connectivity index (χ4n) is 0.998. The van der Waals surface area contributed by atoms with Gasteiger partial charge in [-0.15, -0.1) is 0 Å². The molecule has 0 amide bonds. The van der Waals surface area contributed by atoms with Gasteiger partial charge in [0.2, 0.25) is 5.95 Å². The minimum Gasteiger partial charge on any atom is -0.760 e. The molecule has 1 aromatic rings. The molecule has 1 rings (SSSR count). The lowest BCUT2D eigenvalue weighted by Gasteiger charge is -2.13. The highest BCUT2D eigenvalue weighted by Gasteiger charge is 1.98. The summed E-state index contributed by atoms with van der Waals surface area (Å²) in [7, 11) is 0. The van der Waals surface area contributed by atoms with Crippen molar-refractivity contribution in [2.75, 3.05) is 5.73 Å². The molecule has 0 atom stereocenters. The van der Waals surface area contributed by atoms with Crippen LogP contribution in [0.2, 0.25) is 0 Å². The van der Waals surface area contributed by atoms with Gasteiger partial charge in [0.15, 0.2) is 0 Å². The summed E-state index contributed by atoms with van der Waals surface area (Å²) in [5.41, 5.74) is 7.31. The van der Waals surface area contributed by atoms with Crippen LogP contribution < -0.4 is 5.73 Å². The minimum absolute atomic E-state index is 0.268. The molecule has 0 aromatic carbocycles. The Balaban J connectivity index is 3.25. The van der Waals surface area contributed by atoms with Crippen LogP contribution in [0.3, 0.4) is 0 Å². The number of nitrogen functional groups attached to an aromatic ring is 1. The second-order valence-corrected chi connectivity index (χ2v) is 2.69. The Hall–Kier alpha value is -0.900. The summed E-state index contributed by atoms with van der Waals surface area (Å²) in [5.74, 6) is 0.268. The highest BCUT2D eigenvalue weighted by atomic mass is 32.1. The smallest absolute Gasteiger partial charge is 0.218 e. The van der Waals surface area contributed by atoms with Crippen molar-refractivity contribution in [3.8, 4) is 0 Å². The Morgan fingerprint density at radius 2 is 2.09 bits per heavy atom. The van der Waals surface area contributed by atoms with Gasteiger partial charge in [-0.25, -0.2) is 9.97 Å². The van der Waals surface area contributed by atoms with E-state index < -0.39 is 0 Å². The van der Waals surface area contributed by atoms with Crippen molar-refractivity contribution < 1.29 is 0 Å². The van der Waals surface area contributed by atoms with E-state index in [1.807, 2.05) is 13.8 Å². The molecular weight excluding hydrogens is 158 g/mol. The first-order valence-corrected chi connectivity index (χ1v) is 3.86. The molecule has 0 aliphatic rings. The fraction of sp³-hybridized carbons (Fsp3) is 0.429. The lowest BCUT2D eigenvalue weighted by atomic mass is 10.2. The Kier molecular flexibility index (Phi) is 2.24. The number of hydrogen-bond acceptors (Lipinski definition) is 4. The topological polar surface area (TPSA) is 51.8 Å². The SMILES string of the molecule is CCc1c(C)nc(N)nc1[S-]. The molecule has 11 heavy (non-hydrogen) atoms. The van der Waals surface area contributed by atoms with Crippen LogP contribution in [-0.4, -0.2) is 9.97 Å². The maximum absolute atomic E-state index is 5.39. The van der Waals surface area contributed by atoms with Crippen molar-refractivity contribution in [1.82, 2.24) is 9.97 Å². The number of rotatable bonds is 1. The van der Waals surface area contributed by atoms with Crippen molar-refractivity contribution in [1.29, 1.82) is 0 Å². The Morgan fingerprint density at radius 3 is 2.55 bits per heavy atom. The highest BCUT2D eigenvalue weighted by Crippen LogP contribution is 2.11. The van der Waals surface area contributed by atoms with E-state index in [2.05, 4.69) is 9.97 Å². The number of nitrogens with zero attached hydrogens (tertiary/aromatic N) is 2. The Bertz CT molecular complexity index is 249. The fourth-order valence-corrected chi connectivity index (χ4v) is 1.38. The van der Waals surface area contributed by atoms with Crippen LogP contribution >= 0.6 is 0 Å². The number of aryl methyl sites for hydroxylation is 1. The lowest BCUT2D eigenvalue weighted by molar-refractivity contribution is 0.923. The maximum atomic E-state index is 5.39. The summed E-state index contributed by atoms with van der Waals surface area (Å²) in [4.78, 5) is 7.89. The van der Waals surface area contributed by atoms with E-state index in [4.69, 9.17) is 18.4 Å². The van der Waals surface area contributed by atoms with Crippen molar-refractivity contribution in [2.45, 2.75) is 25.3 Å². The summed E-state index contributed by atoms with van der Waals surface area (Å²) < 4.78 is 0. The second kappa shape index (κ2) is 3.00. The third-order valence-corrected chi connectivity index (χ3v) is 1.88. The number of anilines is 1. The molecule has 4 heteroatoms. The van der Waals surface area contributed by atoms with Crippen LogP contribution in [0.5, 0.6) is 0 Å². The molecule has 2 N–H and O–H groups in total. The molecule has 0 saturated carbocycles. The Morgan fingerprint density at radius 1 is 1.45 bits per heavy atom. The molecular formula is C7H10N3S-. The van der Waals surface area contributed by atoms with Crippen LogP contribution in [0.1, 0.15) is 18.2 Å². The molecule has 0 bridgehead atoms. The summed E-state index contributed by atoms with van der Waals surface area (Å²) in [6.45, 7) is 3.92. The normalized spacial score (nSPS) is 10.0. The molecule has 3 nitrogen and oxygen atoms in total. The maximum Gasteiger partial charge on any atom is 0.218 e. The average Bonchev–Trinajstić information content (AvgIpc) is 1.85. The van der Waals surface area contributed by atoms with E-state index in [1.54, 1.807) is 0 Å². The van der Waals surface area contributed by atoms with Gasteiger partial charge in [0.25, 0.3) is 0 Å². The summed E-state index contributed by atoms with van der Waals surface area (Å²) >= 11 is 5.00. The summed E-state index contributed by atoms with van der Waals surface area (Å²) in [6, 6.07) is 0. The standard InChI is InChI=1S/C7H11N3S/c1-3-5-4(2)9-7(8)10-6(5)11/h3H2,1-2H3,(H3,8,9,10,11)/p-1. The zero-order valence-electron chi connectivity index (χ0n) is 6.59. The van der Waals surface area contributed by atoms with Crippen molar-refractivity contribution in [3.63, 3.8) is 0 Å². The van der Waals surface area contributed by atoms with Gasteiger partial charge in [-0.3, -0.25) is 0 Å². The summed E-state index contributed by atoms with van der Waals surface area (Å²) in [6.07, 6.45) is 0.866. The van der Waals surface area contributed by atoms with Gasteiger partial charge in [-0.2, -0.15) is 0 Å². The van der Waals surface area contributed by atoms with Gasteiger partial charge >= 0.3 is 0 Å². The van der Waals surface area contributed by atoms with E-state index >= 15 is 0 Å². The summed E-state index contributed by atoms with van der Waals surface area (Å²) in [5, 5.41) is 0.581. The van der Waals surface area contributed by atoms with Gasteiger partial charge in [-0.05, 0) is 18.9 Å². The molecule has 1 aromatic heterocycles. The molecule has 1 heterocycles. The first-order valence-electron chi connectivity index (χ1n) is 3.45. The van der Waals surface area contributed by atoms with Gasteiger partial charge in [0, 0.05) is 5.69 Å². The molecule has 0 saturated heterocycles. The van der Waals surface area contributed by atoms with E-state index in [-0.39, 0.29) is 5.95 Å². The molecule has 60 valence electrons. The zero-order valence-corrected chi connectivity index (χ0v) is 7.40. The first kappa shape index (κ1) is 8.20. The molecule has 0 unspecified atom stereocenters. The third kappa shape index (κ3) is 1.57. The van der Waals surface area contributed by atoms with Crippen LogP contribution in [0.15, 0.2) is 5.03 Å². The molecule has 0 aliphatic heterocycles. The first-order chi connectivity index (χ1) is 5.15. The molecule has 0 aliphatic carbocycles. The van der Waals surface area contributed by atoms with Crippen LogP contribution in [-0.2, 0) is 19.0 Å². The van der Waals surface area contributed by atoms with Gasteiger partial charge in [0.05, 0.1) is 0 Å². The van der Waals surface area contributed by atoms with E-state index in [0.717, 1.165) is 17.7 Å². The third-order valence-electron chi connectivity index (χ3n) is 1.55. The van der Waals surface area contributed by atoms with Gasteiger partial charge < -0.3 is 18.4 Å². The van der Waals surface area contributed by atoms with Crippen LogP contribution in [0, 0.1) is 6.92 Å². The molecule has 0 radical (unpaired) electrons. The quantitative estimate of drug-likeness (QED) is 0.498. The lowest BCUT2D eigenvalue weighted by Crippen LogP contribution is -2.03. The zero-order chi connectivity index (χ0) is 8.43. The monoisotopic (exact) mass is 168 g/mol. The van der Waals surface area contributed by atoms with E-state index in [0.29, 0.717) is 5.03 Å². The highest BCUT2D eigenvalue weighted by molar-refractivity contribution is 7.58. The van der Waals surface area contributed by atoms with Crippen LogP contribution in [0.4, 0.5) is 5.95 Å². The van der Waals surface area contributed by atoms with E-state index in [1.165, 1.54) is 0 Å². The molecule has 0 spiro atoms. The van der Waals surface area contributed by atoms with E-state index in [9.17, 15) is 0 Å². The van der Waals surface area contributed by atoms with Gasteiger partial charge in [-0.1, -0.05) is 11.9 Å². The van der Waals surface area contributed by atoms with Crippen molar-refractivity contribution >= 4 is 18.6 Å². The second-order valence-electron chi connectivity index (χ2n) is 2.30. The number of nitrogens with two attached hydrogens (primary N) is 1. The average molecular weight is 168 g/mol. The minimum atomic E-state index is 0.268. The van der Waals surface area contributed by atoms with Crippen molar-refractivity contribution in [2.24, 2.45) is 0 Å². The van der Waals surface area contributed by atoms with Crippen LogP contribution in [0.25, 0.3) is 0 Å². The molecule has 0 fully saturated rings. The van der Waals surface area contributed by atoms with Gasteiger partial charge in [0.1, 0.15) is 0 Å². The predicted molar refractivity (Wildman–Crippen MR) is 46.2 cm³/mol. The van der Waals surface area contributed by atoms with Crippen molar-refractivity contribution in [3.05, 3.63) is 11.3 Å². The number of hydrogen-bond donors (Lipinski definition) is 1. The Labute approximate surface area is 71.5 Å².